The molecule has 0 aliphatic carbocycles. The van der Waals surface area contributed by atoms with E-state index in [1.165, 1.54) is 12.2 Å². The van der Waals surface area contributed by atoms with Gasteiger partial charge >= 0.3 is 0 Å². The summed E-state index contributed by atoms with van der Waals surface area (Å²) in [6, 6.07) is 19.2. The molecule has 2 aromatic carbocycles. The third-order valence-corrected chi connectivity index (χ3v) is 3.58. The lowest BCUT2D eigenvalue weighted by Gasteiger charge is -2.16. The van der Waals surface area contributed by atoms with Crippen LogP contribution in [0.15, 0.2) is 60.7 Å². The van der Waals surface area contributed by atoms with E-state index in [2.05, 4.69) is 4.98 Å². The van der Waals surface area contributed by atoms with Crippen molar-refractivity contribution in [2.75, 3.05) is 14.2 Å². The van der Waals surface area contributed by atoms with Crippen LogP contribution >= 0.6 is 0 Å². The van der Waals surface area contributed by atoms with Crippen LogP contribution in [0.5, 0.6) is 0 Å². The maximum atomic E-state index is 12.5. The highest BCUT2D eigenvalue weighted by Crippen LogP contribution is 2.25. The summed E-state index contributed by atoms with van der Waals surface area (Å²) in [6.45, 7) is 0. The molecule has 0 N–H and O–H groups in total. The third-order valence-electron chi connectivity index (χ3n) is 3.58. The molecule has 0 atom stereocenters. The number of amides is 1. The quantitative estimate of drug-likeness (QED) is 0.693. The summed E-state index contributed by atoms with van der Waals surface area (Å²) < 4.78 is 0. The average molecular weight is 292 g/mol. The molecule has 4 heteroatoms. The second-order valence-electron chi connectivity index (χ2n) is 4.92. The van der Waals surface area contributed by atoms with E-state index in [0.717, 1.165) is 22.2 Å². The molecule has 110 valence electrons. The number of fused-ring (bicyclic) bond motifs is 1. The van der Waals surface area contributed by atoms with E-state index in [4.69, 9.17) is 4.84 Å². The largest absolute Gasteiger partial charge is 0.277 e. The molecular formula is C18H16N2O2. The Bertz CT molecular complexity index is 816. The first kappa shape index (κ1) is 14.2. The summed E-state index contributed by atoms with van der Waals surface area (Å²) in [4.78, 5) is 22.2. The number of hydrogen-bond donors (Lipinski definition) is 0. The van der Waals surface area contributed by atoms with Gasteiger partial charge in [0.05, 0.1) is 23.9 Å². The van der Waals surface area contributed by atoms with E-state index in [-0.39, 0.29) is 5.91 Å². The van der Waals surface area contributed by atoms with Gasteiger partial charge in [-0.25, -0.2) is 10.0 Å². The van der Waals surface area contributed by atoms with E-state index in [0.29, 0.717) is 5.56 Å². The van der Waals surface area contributed by atoms with Gasteiger partial charge < -0.3 is 0 Å². The van der Waals surface area contributed by atoms with Crippen LogP contribution in [0.1, 0.15) is 10.4 Å². The van der Waals surface area contributed by atoms with Gasteiger partial charge in [0.1, 0.15) is 0 Å². The first-order valence-electron chi connectivity index (χ1n) is 6.98. The Kier molecular flexibility index (Phi) is 3.85. The topological polar surface area (TPSA) is 42.4 Å². The predicted octanol–water partition coefficient (Wildman–Crippen LogP) is 3.54. The van der Waals surface area contributed by atoms with Crippen LogP contribution in [0.25, 0.3) is 22.2 Å². The molecule has 0 aliphatic rings. The van der Waals surface area contributed by atoms with E-state index < -0.39 is 0 Å². The molecule has 1 aromatic heterocycles. The number of benzene rings is 2. The fourth-order valence-corrected chi connectivity index (χ4v) is 2.36. The van der Waals surface area contributed by atoms with Crippen LogP contribution in [0.4, 0.5) is 0 Å². The van der Waals surface area contributed by atoms with Crippen molar-refractivity contribution in [3.8, 4) is 11.3 Å². The summed E-state index contributed by atoms with van der Waals surface area (Å²) in [6.07, 6.45) is 0. The highest BCUT2D eigenvalue weighted by molar-refractivity contribution is 6.06. The zero-order chi connectivity index (χ0) is 15.5. The highest BCUT2D eigenvalue weighted by Gasteiger charge is 2.17. The predicted molar refractivity (Wildman–Crippen MR) is 86.3 cm³/mol. The minimum absolute atomic E-state index is 0.196. The van der Waals surface area contributed by atoms with Crippen LogP contribution in [0, 0.1) is 0 Å². The standard InChI is InChI=1S/C18H16N2O2/c1-20(22-2)18(21)15-12-17(13-8-4-3-5-9-13)19-16-11-7-6-10-14(15)16/h3-12H,1-2H3. The Morgan fingerprint density at radius 1 is 1.05 bits per heavy atom. The van der Waals surface area contributed by atoms with Crippen LogP contribution in [0.2, 0.25) is 0 Å². The lowest BCUT2D eigenvalue weighted by molar-refractivity contribution is -0.0755. The Morgan fingerprint density at radius 2 is 1.73 bits per heavy atom. The van der Waals surface area contributed by atoms with Crippen molar-refractivity contribution in [1.82, 2.24) is 10.0 Å². The molecule has 0 radical (unpaired) electrons. The smallest absolute Gasteiger partial charge is 0.274 e. The maximum Gasteiger partial charge on any atom is 0.277 e. The van der Waals surface area contributed by atoms with Crippen molar-refractivity contribution in [1.29, 1.82) is 0 Å². The van der Waals surface area contributed by atoms with Crippen LogP contribution in [-0.4, -0.2) is 30.1 Å². The first-order valence-corrected chi connectivity index (χ1v) is 6.98. The Morgan fingerprint density at radius 3 is 2.45 bits per heavy atom. The van der Waals surface area contributed by atoms with E-state index in [1.807, 2.05) is 60.7 Å². The summed E-state index contributed by atoms with van der Waals surface area (Å²) >= 11 is 0. The minimum Gasteiger partial charge on any atom is -0.274 e. The van der Waals surface area contributed by atoms with Crippen molar-refractivity contribution in [3.05, 3.63) is 66.2 Å². The van der Waals surface area contributed by atoms with Gasteiger partial charge in [0.2, 0.25) is 0 Å². The van der Waals surface area contributed by atoms with Gasteiger partial charge in [0.25, 0.3) is 5.91 Å². The third kappa shape index (κ3) is 2.56. The molecular weight excluding hydrogens is 276 g/mol. The number of aromatic nitrogens is 1. The molecule has 0 spiro atoms. The highest BCUT2D eigenvalue weighted by atomic mass is 16.7. The SMILES string of the molecule is CON(C)C(=O)c1cc(-c2ccccc2)nc2ccccc12. The fourth-order valence-electron chi connectivity index (χ4n) is 2.36. The van der Waals surface area contributed by atoms with Crippen molar-refractivity contribution in [2.45, 2.75) is 0 Å². The first-order chi connectivity index (χ1) is 10.7. The summed E-state index contributed by atoms with van der Waals surface area (Å²) in [7, 11) is 3.07. The summed E-state index contributed by atoms with van der Waals surface area (Å²) in [5, 5.41) is 2.03. The number of nitrogens with zero attached hydrogens (tertiary/aromatic N) is 2. The van der Waals surface area contributed by atoms with Gasteiger partial charge in [-0.05, 0) is 12.1 Å². The molecule has 0 saturated heterocycles. The number of hydroxylamine groups is 2. The Labute approximate surface area is 128 Å². The summed E-state index contributed by atoms with van der Waals surface area (Å²) in [5.41, 5.74) is 3.11. The molecule has 0 fully saturated rings. The lowest BCUT2D eigenvalue weighted by atomic mass is 10.0. The van der Waals surface area contributed by atoms with E-state index in [1.54, 1.807) is 7.05 Å². The minimum atomic E-state index is -0.196. The Balaban J connectivity index is 2.23. The van der Waals surface area contributed by atoms with Gasteiger partial charge in [0.15, 0.2) is 0 Å². The van der Waals surface area contributed by atoms with E-state index >= 15 is 0 Å². The summed E-state index contributed by atoms with van der Waals surface area (Å²) in [5.74, 6) is -0.196. The number of hydrogen-bond acceptors (Lipinski definition) is 3. The van der Waals surface area contributed by atoms with Crippen LogP contribution in [-0.2, 0) is 4.84 Å². The van der Waals surface area contributed by atoms with E-state index in [9.17, 15) is 4.79 Å². The molecule has 1 amide bonds. The second kappa shape index (κ2) is 5.95. The Hall–Kier alpha value is -2.72. The number of carbonyl (C=O) groups excluding carboxylic acids is 1. The van der Waals surface area contributed by atoms with Gasteiger partial charge in [-0.1, -0.05) is 48.5 Å². The molecule has 4 nitrogen and oxygen atoms in total. The molecule has 1 heterocycles. The maximum absolute atomic E-state index is 12.5. The lowest BCUT2D eigenvalue weighted by Crippen LogP contribution is -2.25. The monoisotopic (exact) mass is 292 g/mol. The molecule has 0 unspecified atom stereocenters. The van der Waals surface area contributed by atoms with Crippen LogP contribution in [0.3, 0.4) is 0 Å². The number of para-hydroxylation sites is 1. The fraction of sp³-hybridized carbons (Fsp3) is 0.111. The molecule has 3 aromatic rings. The van der Waals surface area contributed by atoms with Crippen molar-refractivity contribution < 1.29 is 9.63 Å². The molecule has 0 bridgehead atoms. The van der Waals surface area contributed by atoms with Gasteiger partial charge in [-0.3, -0.25) is 9.63 Å². The number of pyridine rings is 1. The molecule has 0 aliphatic heterocycles. The zero-order valence-electron chi connectivity index (χ0n) is 12.5. The molecule has 22 heavy (non-hydrogen) atoms. The van der Waals surface area contributed by atoms with Gasteiger partial charge in [0, 0.05) is 18.0 Å². The van der Waals surface area contributed by atoms with Crippen molar-refractivity contribution >= 4 is 16.8 Å². The number of rotatable bonds is 3. The van der Waals surface area contributed by atoms with Gasteiger partial charge in [-0.2, -0.15) is 0 Å². The molecule has 3 rings (SSSR count). The van der Waals surface area contributed by atoms with Crippen molar-refractivity contribution in [3.63, 3.8) is 0 Å². The van der Waals surface area contributed by atoms with Gasteiger partial charge in [-0.15, -0.1) is 0 Å². The number of carbonyl (C=O) groups is 1. The molecule has 0 saturated carbocycles. The zero-order valence-corrected chi connectivity index (χ0v) is 12.5. The van der Waals surface area contributed by atoms with Crippen LogP contribution < -0.4 is 0 Å². The van der Waals surface area contributed by atoms with Crippen molar-refractivity contribution in [2.24, 2.45) is 0 Å². The average Bonchev–Trinajstić information content (AvgIpc) is 2.60. The second-order valence-corrected chi connectivity index (χ2v) is 4.92. The normalized spacial score (nSPS) is 10.6.